The summed E-state index contributed by atoms with van der Waals surface area (Å²) >= 11 is 0. The Bertz CT molecular complexity index is 1020. The molecule has 2 amide bonds. The van der Waals surface area contributed by atoms with Gasteiger partial charge in [0.1, 0.15) is 10.6 Å². The molecule has 0 unspecified atom stereocenters. The van der Waals surface area contributed by atoms with Crippen molar-refractivity contribution in [3.8, 4) is 5.75 Å². The highest BCUT2D eigenvalue weighted by molar-refractivity contribution is 7.90. The summed E-state index contributed by atoms with van der Waals surface area (Å²) in [4.78, 5) is 11.5. The molecule has 2 rings (SSSR count). The number of aryl methyl sites for hydroxylation is 1. The molecule has 0 aliphatic carbocycles. The van der Waals surface area contributed by atoms with Crippen molar-refractivity contribution in [2.45, 2.75) is 18.7 Å². The predicted octanol–water partition coefficient (Wildman–Crippen LogP) is 2.23. The number of para-hydroxylation sites is 1. The zero-order valence-corrected chi connectivity index (χ0v) is 15.7. The van der Waals surface area contributed by atoms with Gasteiger partial charge in [-0.05, 0) is 43.7 Å². The third-order valence-corrected chi connectivity index (χ3v) is 5.79. The monoisotopic (exact) mass is 398 g/mol. The zero-order chi connectivity index (χ0) is 19.4. The zero-order valence-electron chi connectivity index (χ0n) is 14.1. The van der Waals surface area contributed by atoms with Gasteiger partial charge in [-0.15, -0.1) is 0 Å². The van der Waals surface area contributed by atoms with Crippen LogP contribution in [0.3, 0.4) is 0 Å². The fraction of sp³-hybridized carbons (Fsp3) is 0.188. The van der Waals surface area contributed by atoms with Crippen LogP contribution in [0.4, 0.5) is 10.5 Å². The molecule has 0 aliphatic rings. The van der Waals surface area contributed by atoms with Crippen LogP contribution in [0, 0.1) is 6.92 Å². The molecule has 10 heteroatoms. The molecule has 140 valence electrons. The van der Waals surface area contributed by atoms with Gasteiger partial charge in [-0.1, -0.05) is 24.3 Å². The Hall–Kier alpha value is -2.59. The van der Waals surface area contributed by atoms with E-state index in [4.69, 9.17) is 4.18 Å². The van der Waals surface area contributed by atoms with E-state index in [0.29, 0.717) is 0 Å². The van der Waals surface area contributed by atoms with Gasteiger partial charge in [0.05, 0.1) is 11.4 Å². The summed E-state index contributed by atoms with van der Waals surface area (Å²) in [6.07, 6.45) is 0. The molecule has 8 nitrogen and oxygen atoms in total. The number of carbonyl (C=O) groups is 1. The molecule has 2 aromatic rings. The van der Waals surface area contributed by atoms with E-state index in [1.165, 1.54) is 37.3 Å². The number of amides is 2. The molecule has 0 heterocycles. The first-order valence-electron chi connectivity index (χ1n) is 7.54. The van der Waals surface area contributed by atoms with Crippen molar-refractivity contribution in [1.82, 2.24) is 4.72 Å². The third-order valence-electron chi connectivity index (χ3n) is 3.23. The summed E-state index contributed by atoms with van der Waals surface area (Å²) in [5.41, 5.74) is 0.706. The molecule has 0 aliphatic heterocycles. The lowest BCUT2D eigenvalue weighted by Gasteiger charge is -2.13. The van der Waals surface area contributed by atoms with Crippen LogP contribution in [-0.2, 0) is 20.1 Å². The van der Waals surface area contributed by atoms with E-state index in [2.05, 4.69) is 5.32 Å². The fourth-order valence-corrected chi connectivity index (χ4v) is 3.55. The first kappa shape index (κ1) is 19.7. The summed E-state index contributed by atoms with van der Waals surface area (Å²) in [5, 5.41) is 2.22. The summed E-state index contributed by atoms with van der Waals surface area (Å²) in [6.45, 7) is 3.15. The Morgan fingerprint density at radius 2 is 1.73 bits per heavy atom. The van der Waals surface area contributed by atoms with Crippen LogP contribution >= 0.6 is 0 Å². The second-order valence-corrected chi connectivity index (χ2v) is 8.84. The largest absolute Gasteiger partial charge is 0.379 e. The highest BCUT2D eigenvalue weighted by Crippen LogP contribution is 2.25. The lowest BCUT2D eigenvalue weighted by molar-refractivity contribution is 0.256. The number of hydrogen-bond acceptors (Lipinski definition) is 6. The van der Waals surface area contributed by atoms with Crippen LogP contribution in [0.5, 0.6) is 5.75 Å². The Labute approximate surface area is 152 Å². The van der Waals surface area contributed by atoms with Crippen molar-refractivity contribution in [3.05, 3.63) is 54.1 Å². The number of rotatable bonds is 6. The molecule has 0 spiro atoms. The highest BCUT2D eigenvalue weighted by Gasteiger charge is 2.22. The molecule has 26 heavy (non-hydrogen) atoms. The Morgan fingerprint density at radius 1 is 1.04 bits per heavy atom. The lowest BCUT2D eigenvalue weighted by atomic mass is 10.2. The second kappa shape index (κ2) is 7.75. The molecule has 0 fully saturated rings. The average Bonchev–Trinajstić information content (AvgIpc) is 2.54. The topological polar surface area (TPSA) is 119 Å². The normalized spacial score (nSPS) is 11.6. The molecule has 0 bridgehead atoms. The van der Waals surface area contributed by atoms with E-state index in [9.17, 15) is 21.6 Å². The number of hydrogen-bond donors (Lipinski definition) is 2. The first-order valence-corrected chi connectivity index (χ1v) is 10.6. The van der Waals surface area contributed by atoms with Crippen LogP contribution < -0.4 is 14.2 Å². The minimum Gasteiger partial charge on any atom is -0.379 e. The molecule has 0 saturated heterocycles. The van der Waals surface area contributed by atoms with Crippen LogP contribution in [0.15, 0.2) is 53.4 Å². The number of anilines is 1. The molecule has 2 N–H and O–H groups in total. The molecule has 0 radical (unpaired) electrons. The Balaban J connectivity index is 2.29. The second-order valence-electron chi connectivity index (χ2n) is 5.31. The van der Waals surface area contributed by atoms with Crippen molar-refractivity contribution in [2.24, 2.45) is 0 Å². The standard InChI is InChI=1S/C16H18N2O6S2/c1-3-25(20,21)18-16(19)17-14-9-4-5-10-15(14)26(22,23)24-13-8-6-7-12(2)11-13/h4-11H,3H2,1-2H3,(H2,17,18,19). The van der Waals surface area contributed by atoms with Gasteiger partial charge < -0.3 is 9.50 Å². The van der Waals surface area contributed by atoms with Gasteiger partial charge in [0.2, 0.25) is 10.0 Å². The molecule has 2 aromatic carbocycles. The van der Waals surface area contributed by atoms with E-state index >= 15 is 0 Å². The maximum Gasteiger partial charge on any atom is 0.341 e. The molecular weight excluding hydrogens is 380 g/mol. The highest BCUT2D eigenvalue weighted by atomic mass is 32.2. The van der Waals surface area contributed by atoms with Gasteiger partial charge in [0.25, 0.3) is 0 Å². The minimum absolute atomic E-state index is 0.107. The summed E-state index contributed by atoms with van der Waals surface area (Å²) in [6, 6.07) is 10.9. The van der Waals surface area contributed by atoms with Gasteiger partial charge >= 0.3 is 16.1 Å². The SMILES string of the molecule is CCS(=O)(=O)NC(=O)Nc1ccccc1S(=O)(=O)Oc1cccc(C)c1. The van der Waals surface area contributed by atoms with Crippen molar-refractivity contribution in [3.63, 3.8) is 0 Å². The lowest BCUT2D eigenvalue weighted by Crippen LogP contribution is -2.35. The van der Waals surface area contributed by atoms with Gasteiger partial charge in [-0.25, -0.2) is 17.9 Å². The number of urea groups is 1. The van der Waals surface area contributed by atoms with Gasteiger partial charge in [0.15, 0.2) is 0 Å². The first-order chi connectivity index (χ1) is 12.1. The molecule has 0 saturated carbocycles. The van der Waals surface area contributed by atoms with E-state index in [0.717, 1.165) is 5.56 Å². The van der Waals surface area contributed by atoms with Crippen molar-refractivity contribution >= 4 is 31.9 Å². The maximum atomic E-state index is 12.5. The smallest absolute Gasteiger partial charge is 0.341 e. The number of benzene rings is 2. The molecule has 0 atom stereocenters. The Morgan fingerprint density at radius 3 is 2.38 bits per heavy atom. The van der Waals surface area contributed by atoms with Crippen molar-refractivity contribution in [1.29, 1.82) is 0 Å². The number of nitrogens with one attached hydrogen (secondary N) is 2. The van der Waals surface area contributed by atoms with Gasteiger partial charge in [-0.2, -0.15) is 8.42 Å². The van der Waals surface area contributed by atoms with Crippen LogP contribution in [0.25, 0.3) is 0 Å². The summed E-state index contributed by atoms with van der Waals surface area (Å²) in [7, 11) is -8.03. The van der Waals surface area contributed by atoms with Gasteiger partial charge in [-0.3, -0.25) is 0 Å². The Kier molecular flexibility index (Phi) is 5.88. The maximum absolute atomic E-state index is 12.5. The van der Waals surface area contributed by atoms with E-state index in [-0.39, 0.29) is 22.1 Å². The number of sulfonamides is 1. The van der Waals surface area contributed by atoms with E-state index < -0.39 is 26.2 Å². The van der Waals surface area contributed by atoms with Crippen molar-refractivity contribution in [2.75, 3.05) is 11.1 Å². The van der Waals surface area contributed by atoms with E-state index in [1.54, 1.807) is 29.8 Å². The molecule has 0 aromatic heterocycles. The quantitative estimate of drug-likeness (QED) is 0.720. The predicted molar refractivity (Wildman–Crippen MR) is 97.1 cm³/mol. The van der Waals surface area contributed by atoms with Crippen LogP contribution in [0.1, 0.15) is 12.5 Å². The average molecular weight is 398 g/mol. The minimum atomic E-state index is -4.25. The van der Waals surface area contributed by atoms with Gasteiger partial charge in [0, 0.05) is 0 Å². The fourth-order valence-electron chi connectivity index (χ4n) is 1.99. The third kappa shape index (κ3) is 5.20. The summed E-state index contributed by atoms with van der Waals surface area (Å²) < 4.78 is 54.8. The number of carbonyl (C=O) groups excluding carboxylic acids is 1. The molecular formula is C16H18N2O6S2. The van der Waals surface area contributed by atoms with E-state index in [1.807, 2.05) is 0 Å². The van der Waals surface area contributed by atoms with Crippen molar-refractivity contribution < 1.29 is 25.8 Å². The van der Waals surface area contributed by atoms with Crippen LogP contribution in [-0.4, -0.2) is 28.6 Å². The van der Waals surface area contributed by atoms with Crippen LogP contribution in [0.2, 0.25) is 0 Å². The summed E-state index contributed by atoms with van der Waals surface area (Å²) in [5.74, 6) is -0.172.